The van der Waals surface area contributed by atoms with Crippen LogP contribution < -0.4 is 0 Å². The first-order chi connectivity index (χ1) is 11.4. The van der Waals surface area contributed by atoms with Gasteiger partial charge in [0.05, 0.1) is 29.7 Å². The molecule has 0 aliphatic carbocycles. The average Bonchev–Trinajstić information content (AvgIpc) is 3.19. The number of pyridine rings is 2. The van der Waals surface area contributed by atoms with Gasteiger partial charge in [0.1, 0.15) is 5.65 Å². The van der Waals surface area contributed by atoms with Gasteiger partial charge < -0.3 is 9.51 Å². The van der Waals surface area contributed by atoms with E-state index < -0.39 is 0 Å². The minimum Gasteiger partial charge on any atom is -0.390 e. The zero-order valence-corrected chi connectivity index (χ0v) is 13.0. The minimum absolute atomic E-state index is 0.00259. The number of aliphatic hydroxyl groups is 1. The number of hydrogen-bond donors (Lipinski definition) is 1. The maximum atomic E-state index is 9.77. The van der Waals surface area contributed by atoms with Crippen molar-refractivity contribution in [3.63, 3.8) is 0 Å². The first-order valence-electron chi connectivity index (χ1n) is 8.07. The lowest BCUT2D eigenvalue weighted by Crippen LogP contribution is -2.24. The minimum atomic E-state index is 0.00259. The smallest absolute Gasteiger partial charge is 0.137 e. The van der Waals surface area contributed by atoms with Gasteiger partial charge in [-0.2, -0.15) is 0 Å². The molecule has 0 amide bonds. The zero-order valence-electron chi connectivity index (χ0n) is 13.0. The molecule has 0 aromatic carbocycles. The van der Waals surface area contributed by atoms with Gasteiger partial charge in [0.25, 0.3) is 0 Å². The number of hydrogen-bond acceptors (Lipinski definition) is 4. The highest BCUT2D eigenvalue weighted by Crippen LogP contribution is 2.32. The van der Waals surface area contributed by atoms with Crippen molar-refractivity contribution in [2.45, 2.75) is 32.0 Å². The Morgan fingerprint density at radius 3 is 2.91 bits per heavy atom. The molecule has 5 nitrogen and oxygen atoms in total. The Balaban J connectivity index is 1.65. The van der Waals surface area contributed by atoms with Gasteiger partial charge in [-0.15, -0.1) is 0 Å². The van der Waals surface area contributed by atoms with Crippen LogP contribution in [-0.4, -0.2) is 30.9 Å². The zero-order chi connectivity index (χ0) is 15.6. The van der Waals surface area contributed by atoms with Crippen LogP contribution in [0.25, 0.3) is 5.65 Å². The summed E-state index contributed by atoms with van der Waals surface area (Å²) in [6.45, 7) is 1.79. The van der Waals surface area contributed by atoms with Crippen molar-refractivity contribution in [2.75, 3.05) is 6.54 Å². The van der Waals surface area contributed by atoms with Crippen LogP contribution in [0.3, 0.4) is 0 Å². The summed E-state index contributed by atoms with van der Waals surface area (Å²) in [6.07, 6.45) is 6.11. The number of rotatable bonds is 4. The van der Waals surface area contributed by atoms with Crippen LogP contribution in [0, 0.1) is 0 Å². The van der Waals surface area contributed by atoms with Crippen molar-refractivity contribution in [2.24, 2.45) is 0 Å². The molecular weight excluding hydrogens is 288 g/mol. The lowest BCUT2D eigenvalue weighted by Gasteiger charge is -2.23. The number of aliphatic hydroxyl groups excluding tert-OH is 1. The summed E-state index contributed by atoms with van der Waals surface area (Å²) in [5.74, 6) is 0. The standard InChI is InChI=1S/C18H20N4O/c23-13-17-15(20-18-8-2-4-11-22(17)18)12-21-10-5-7-16(21)14-6-1-3-9-19-14/h1-4,6,8-9,11,16,23H,5,7,10,12-13H2. The molecule has 0 spiro atoms. The van der Waals surface area contributed by atoms with Gasteiger partial charge in [-0.05, 0) is 43.7 Å². The molecule has 1 unspecified atom stereocenters. The summed E-state index contributed by atoms with van der Waals surface area (Å²) in [4.78, 5) is 11.7. The second kappa shape index (κ2) is 6.10. The number of fused-ring (bicyclic) bond motifs is 1. The molecule has 1 saturated heterocycles. The van der Waals surface area contributed by atoms with E-state index in [1.165, 1.54) is 6.42 Å². The molecule has 4 heterocycles. The molecule has 118 valence electrons. The molecule has 1 N–H and O–H groups in total. The SMILES string of the molecule is OCc1c(CN2CCCC2c2ccccn2)nc2ccccn12. The third-order valence-electron chi connectivity index (χ3n) is 4.61. The average molecular weight is 308 g/mol. The maximum absolute atomic E-state index is 9.77. The van der Waals surface area contributed by atoms with E-state index in [1.54, 1.807) is 0 Å². The number of likely N-dealkylation sites (tertiary alicyclic amines) is 1. The summed E-state index contributed by atoms with van der Waals surface area (Å²) in [6, 6.07) is 12.3. The quantitative estimate of drug-likeness (QED) is 0.805. The van der Waals surface area contributed by atoms with Crippen molar-refractivity contribution in [1.29, 1.82) is 0 Å². The summed E-state index contributed by atoms with van der Waals surface area (Å²) < 4.78 is 1.97. The van der Waals surface area contributed by atoms with E-state index >= 15 is 0 Å². The third-order valence-corrected chi connectivity index (χ3v) is 4.61. The predicted octanol–water partition coefficient (Wildman–Crippen LogP) is 2.56. The molecule has 5 heteroatoms. The Morgan fingerprint density at radius 2 is 2.09 bits per heavy atom. The monoisotopic (exact) mass is 308 g/mol. The molecular formula is C18H20N4O. The molecule has 4 rings (SSSR count). The molecule has 3 aromatic heterocycles. The first kappa shape index (κ1) is 14.4. The third kappa shape index (κ3) is 2.62. The fourth-order valence-corrected chi connectivity index (χ4v) is 3.51. The van der Waals surface area contributed by atoms with Crippen LogP contribution >= 0.6 is 0 Å². The van der Waals surface area contributed by atoms with Crippen molar-refractivity contribution >= 4 is 5.65 Å². The Morgan fingerprint density at radius 1 is 1.17 bits per heavy atom. The van der Waals surface area contributed by atoms with Gasteiger partial charge in [0.15, 0.2) is 0 Å². The van der Waals surface area contributed by atoms with E-state index in [0.29, 0.717) is 6.04 Å². The fourth-order valence-electron chi connectivity index (χ4n) is 3.51. The second-order valence-electron chi connectivity index (χ2n) is 5.98. The summed E-state index contributed by atoms with van der Waals surface area (Å²) in [5.41, 5.74) is 3.85. The maximum Gasteiger partial charge on any atom is 0.137 e. The molecule has 3 aromatic rings. The van der Waals surface area contributed by atoms with Gasteiger partial charge in [0.2, 0.25) is 0 Å². The van der Waals surface area contributed by atoms with Crippen molar-refractivity contribution in [1.82, 2.24) is 19.3 Å². The summed E-state index contributed by atoms with van der Waals surface area (Å²) >= 11 is 0. The van der Waals surface area contributed by atoms with E-state index in [1.807, 2.05) is 47.1 Å². The van der Waals surface area contributed by atoms with E-state index in [9.17, 15) is 5.11 Å². The Kier molecular flexibility index (Phi) is 3.81. The molecule has 1 atom stereocenters. The van der Waals surface area contributed by atoms with E-state index in [-0.39, 0.29) is 6.61 Å². The molecule has 1 aliphatic rings. The predicted molar refractivity (Wildman–Crippen MR) is 87.7 cm³/mol. The highest BCUT2D eigenvalue weighted by molar-refractivity contribution is 5.43. The molecule has 1 fully saturated rings. The normalized spacial score (nSPS) is 18.7. The first-order valence-corrected chi connectivity index (χ1v) is 8.07. The van der Waals surface area contributed by atoms with E-state index in [2.05, 4.69) is 16.0 Å². The van der Waals surface area contributed by atoms with Crippen molar-refractivity contribution < 1.29 is 5.11 Å². The lowest BCUT2D eigenvalue weighted by molar-refractivity contribution is 0.234. The largest absolute Gasteiger partial charge is 0.390 e. The molecule has 0 bridgehead atoms. The van der Waals surface area contributed by atoms with Crippen LogP contribution in [0.2, 0.25) is 0 Å². The van der Waals surface area contributed by atoms with Crippen molar-refractivity contribution in [3.05, 3.63) is 65.9 Å². The Labute approximate surface area is 135 Å². The van der Waals surface area contributed by atoms with Crippen molar-refractivity contribution in [3.8, 4) is 0 Å². The van der Waals surface area contributed by atoms with E-state index in [4.69, 9.17) is 4.98 Å². The number of nitrogens with zero attached hydrogens (tertiary/aromatic N) is 4. The highest BCUT2D eigenvalue weighted by Gasteiger charge is 2.28. The van der Waals surface area contributed by atoms with Crippen LogP contribution in [0.5, 0.6) is 0 Å². The van der Waals surface area contributed by atoms with E-state index in [0.717, 1.165) is 42.2 Å². The van der Waals surface area contributed by atoms with Gasteiger partial charge in [-0.25, -0.2) is 4.98 Å². The summed E-state index contributed by atoms with van der Waals surface area (Å²) in [5, 5.41) is 9.77. The summed E-state index contributed by atoms with van der Waals surface area (Å²) in [7, 11) is 0. The van der Waals surface area contributed by atoms with Crippen LogP contribution in [-0.2, 0) is 13.2 Å². The Bertz CT molecular complexity index is 799. The van der Waals surface area contributed by atoms with Gasteiger partial charge in [-0.3, -0.25) is 9.88 Å². The van der Waals surface area contributed by atoms with Crippen LogP contribution in [0.1, 0.15) is 36.0 Å². The topological polar surface area (TPSA) is 53.7 Å². The molecule has 0 radical (unpaired) electrons. The van der Waals surface area contributed by atoms with Crippen LogP contribution in [0.15, 0.2) is 48.8 Å². The number of aromatic nitrogens is 3. The second-order valence-corrected chi connectivity index (χ2v) is 5.98. The molecule has 0 saturated carbocycles. The van der Waals surface area contributed by atoms with Crippen LogP contribution in [0.4, 0.5) is 0 Å². The Hall–Kier alpha value is -2.24. The van der Waals surface area contributed by atoms with Gasteiger partial charge in [-0.1, -0.05) is 12.1 Å². The fraction of sp³-hybridized carbons (Fsp3) is 0.333. The van der Waals surface area contributed by atoms with Gasteiger partial charge in [0, 0.05) is 18.9 Å². The molecule has 23 heavy (non-hydrogen) atoms. The van der Waals surface area contributed by atoms with Gasteiger partial charge >= 0.3 is 0 Å². The lowest BCUT2D eigenvalue weighted by atomic mass is 10.1. The number of imidazole rings is 1. The highest BCUT2D eigenvalue weighted by atomic mass is 16.3. The molecule has 1 aliphatic heterocycles.